The zero-order valence-electron chi connectivity index (χ0n) is 11.8. The van der Waals surface area contributed by atoms with Gasteiger partial charge < -0.3 is 10.4 Å². The number of hydrogen-bond acceptors (Lipinski definition) is 2. The number of amides is 1. The first kappa shape index (κ1) is 15.5. The minimum atomic E-state index is -0.614. The van der Waals surface area contributed by atoms with Gasteiger partial charge in [-0.3, -0.25) is 4.79 Å². The number of rotatable bonds is 9. The molecule has 1 rings (SSSR count). The molecule has 0 heterocycles. The van der Waals surface area contributed by atoms with Gasteiger partial charge in [0.25, 0.3) is 0 Å². The maximum Gasteiger partial charge on any atom is 0.220 e. The van der Waals surface area contributed by atoms with E-state index in [4.69, 9.17) is 0 Å². The van der Waals surface area contributed by atoms with Gasteiger partial charge in [0.15, 0.2) is 0 Å². The minimum absolute atomic E-state index is 0.103. The van der Waals surface area contributed by atoms with Crippen LogP contribution in [0.5, 0.6) is 0 Å². The van der Waals surface area contributed by atoms with Crippen LogP contribution in [0.1, 0.15) is 77.6 Å². The summed E-state index contributed by atoms with van der Waals surface area (Å²) in [7, 11) is 0. The lowest BCUT2D eigenvalue weighted by Crippen LogP contribution is -2.40. The number of hydrogen-bond donors (Lipinski definition) is 2. The number of aliphatic hydroxyl groups is 1. The van der Waals surface area contributed by atoms with Gasteiger partial charge in [0.05, 0.1) is 5.60 Å². The molecule has 0 aromatic carbocycles. The molecule has 1 aliphatic rings. The van der Waals surface area contributed by atoms with E-state index in [9.17, 15) is 9.90 Å². The summed E-state index contributed by atoms with van der Waals surface area (Å²) in [4.78, 5) is 11.6. The van der Waals surface area contributed by atoms with Crippen molar-refractivity contribution in [2.24, 2.45) is 0 Å². The molecule has 3 heteroatoms. The van der Waals surface area contributed by atoms with Gasteiger partial charge in [-0.15, -0.1) is 0 Å². The van der Waals surface area contributed by atoms with Gasteiger partial charge >= 0.3 is 0 Å². The molecule has 1 saturated carbocycles. The zero-order valence-corrected chi connectivity index (χ0v) is 11.8. The highest BCUT2D eigenvalue weighted by atomic mass is 16.3. The predicted molar refractivity (Wildman–Crippen MR) is 74.4 cm³/mol. The van der Waals surface area contributed by atoms with Crippen molar-refractivity contribution in [3.05, 3.63) is 0 Å². The number of unbranched alkanes of at least 4 members (excludes halogenated alkanes) is 5. The molecule has 3 nitrogen and oxygen atoms in total. The Labute approximate surface area is 111 Å². The summed E-state index contributed by atoms with van der Waals surface area (Å²) in [5.41, 5.74) is -0.614. The highest BCUT2D eigenvalue weighted by Gasteiger charge is 2.31. The van der Waals surface area contributed by atoms with E-state index >= 15 is 0 Å². The molecule has 2 N–H and O–H groups in total. The van der Waals surface area contributed by atoms with Crippen LogP contribution in [-0.4, -0.2) is 23.2 Å². The van der Waals surface area contributed by atoms with E-state index in [1.54, 1.807) is 0 Å². The van der Waals surface area contributed by atoms with E-state index in [2.05, 4.69) is 12.2 Å². The van der Waals surface area contributed by atoms with Crippen molar-refractivity contribution < 1.29 is 9.90 Å². The largest absolute Gasteiger partial charge is 0.388 e. The Hall–Kier alpha value is -0.570. The van der Waals surface area contributed by atoms with E-state index < -0.39 is 5.60 Å². The summed E-state index contributed by atoms with van der Waals surface area (Å²) < 4.78 is 0. The lowest BCUT2D eigenvalue weighted by molar-refractivity contribution is -0.122. The fourth-order valence-electron chi connectivity index (χ4n) is 2.63. The van der Waals surface area contributed by atoms with Gasteiger partial charge in [0, 0.05) is 13.0 Å². The van der Waals surface area contributed by atoms with E-state index in [1.807, 2.05) is 0 Å². The average molecular weight is 255 g/mol. The Balaban J connectivity index is 1.97. The van der Waals surface area contributed by atoms with Crippen molar-refractivity contribution in [3.63, 3.8) is 0 Å². The molecule has 0 aromatic heterocycles. The minimum Gasteiger partial charge on any atom is -0.388 e. The molecule has 0 saturated heterocycles. The molecule has 1 fully saturated rings. The Bertz CT molecular complexity index is 235. The Morgan fingerprint density at radius 2 is 1.72 bits per heavy atom. The quantitative estimate of drug-likeness (QED) is 0.622. The Morgan fingerprint density at radius 1 is 1.11 bits per heavy atom. The van der Waals surface area contributed by atoms with E-state index in [-0.39, 0.29) is 5.91 Å². The third-order valence-corrected chi connectivity index (χ3v) is 3.91. The van der Waals surface area contributed by atoms with Crippen molar-refractivity contribution in [1.29, 1.82) is 0 Å². The molecule has 18 heavy (non-hydrogen) atoms. The third-order valence-electron chi connectivity index (χ3n) is 3.91. The van der Waals surface area contributed by atoms with Crippen molar-refractivity contribution >= 4 is 5.91 Å². The van der Waals surface area contributed by atoms with Crippen LogP contribution < -0.4 is 5.32 Å². The number of carbonyl (C=O) groups is 1. The third kappa shape index (κ3) is 6.39. The molecule has 1 aliphatic carbocycles. The smallest absolute Gasteiger partial charge is 0.220 e. The molecular formula is C15H29NO2. The molecule has 0 aliphatic heterocycles. The predicted octanol–water partition coefficient (Wildman–Crippen LogP) is 3.16. The van der Waals surface area contributed by atoms with Crippen molar-refractivity contribution in [1.82, 2.24) is 5.32 Å². The van der Waals surface area contributed by atoms with E-state index in [0.29, 0.717) is 13.0 Å². The standard InChI is InChI=1S/C15H29NO2/c1-2-3-4-5-6-7-10-14(17)16-13-15(18)11-8-9-12-15/h18H,2-13H2,1H3,(H,16,17). The molecule has 0 radical (unpaired) electrons. The van der Waals surface area contributed by atoms with E-state index in [1.165, 1.54) is 25.7 Å². The normalized spacial score (nSPS) is 17.9. The van der Waals surface area contributed by atoms with Crippen LogP contribution in [0.4, 0.5) is 0 Å². The fraction of sp³-hybridized carbons (Fsp3) is 0.933. The Kier molecular flexibility index (Phi) is 7.33. The number of nitrogens with one attached hydrogen (secondary N) is 1. The SMILES string of the molecule is CCCCCCCCC(=O)NCC1(O)CCCC1. The van der Waals surface area contributed by atoms with Gasteiger partial charge in [0.2, 0.25) is 5.91 Å². The summed E-state index contributed by atoms with van der Waals surface area (Å²) in [5, 5.41) is 13.0. The van der Waals surface area contributed by atoms with Crippen LogP contribution in [0.3, 0.4) is 0 Å². The van der Waals surface area contributed by atoms with Crippen LogP contribution >= 0.6 is 0 Å². The maximum absolute atomic E-state index is 11.6. The maximum atomic E-state index is 11.6. The monoisotopic (exact) mass is 255 g/mol. The van der Waals surface area contributed by atoms with Crippen molar-refractivity contribution in [2.45, 2.75) is 83.2 Å². The van der Waals surface area contributed by atoms with Gasteiger partial charge in [-0.25, -0.2) is 0 Å². The van der Waals surface area contributed by atoms with Crippen molar-refractivity contribution in [2.75, 3.05) is 6.54 Å². The second-order valence-electron chi connectivity index (χ2n) is 5.73. The summed E-state index contributed by atoms with van der Waals surface area (Å²) in [6, 6.07) is 0. The highest BCUT2D eigenvalue weighted by molar-refractivity contribution is 5.75. The van der Waals surface area contributed by atoms with Crippen LogP contribution in [0, 0.1) is 0 Å². The molecular weight excluding hydrogens is 226 g/mol. The van der Waals surface area contributed by atoms with Crippen LogP contribution in [-0.2, 0) is 4.79 Å². The highest BCUT2D eigenvalue weighted by Crippen LogP contribution is 2.28. The zero-order chi connectivity index (χ0) is 13.3. The summed E-state index contributed by atoms with van der Waals surface area (Å²) in [6.45, 7) is 2.66. The Morgan fingerprint density at radius 3 is 2.39 bits per heavy atom. The molecule has 1 amide bonds. The summed E-state index contributed by atoms with van der Waals surface area (Å²) in [6.07, 6.45) is 11.7. The first-order chi connectivity index (χ1) is 8.66. The molecule has 0 aromatic rings. The molecule has 0 unspecified atom stereocenters. The molecule has 0 atom stereocenters. The first-order valence-electron chi connectivity index (χ1n) is 7.65. The lowest BCUT2D eigenvalue weighted by Gasteiger charge is -2.22. The first-order valence-corrected chi connectivity index (χ1v) is 7.65. The van der Waals surface area contributed by atoms with Gasteiger partial charge in [-0.1, -0.05) is 51.9 Å². The lowest BCUT2D eigenvalue weighted by atomic mass is 10.0. The average Bonchev–Trinajstić information content (AvgIpc) is 2.79. The number of carbonyl (C=O) groups excluding carboxylic acids is 1. The molecule has 106 valence electrons. The second kappa shape index (κ2) is 8.52. The van der Waals surface area contributed by atoms with Crippen LogP contribution in [0.25, 0.3) is 0 Å². The fourth-order valence-corrected chi connectivity index (χ4v) is 2.63. The summed E-state index contributed by atoms with van der Waals surface area (Å²) in [5.74, 6) is 0.103. The van der Waals surface area contributed by atoms with Gasteiger partial charge in [-0.2, -0.15) is 0 Å². The van der Waals surface area contributed by atoms with Gasteiger partial charge in [0.1, 0.15) is 0 Å². The second-order valence-corrected chi connectivity index (χ2v) is 5.73. The van der Waals surface area contributed by atoms with Crippen molar-refractivity contribution in [3.8, 4) is 0 Å². The van der Waals surface area contributed by atoms with Gasteiger partial charge in [-0.05, 0) is 19.3 Å². The van der Waals surface area contributed by atoms with Crippen LogP contribution in [0.2, 0.25) is 0 Å². The molecule has 0 bridgehead atoms. The summed E-state index contributed by atoms with van der Waals surface area (Å²) >= 11 is 0. The van der Waals surface area contributed by atoms with Crippen LogP contribution in [0.15, 0.2) is 0 Å². The topological polar surface area (TPSA) is 49.3 Å². The van der Waals surface area contributed by atoms with E-state index in [0.717, 1.165) is 38.5 Å². The molecule has 0 spiro atoms.